The fourth-order valence-electron chi connectivity index (χ4n) is 2.63. The van der Waals surface area contributed by atoms with Gasteiger partial charge in [0, 0.05) is 6.20 Å². The first-order chi connectivity index (χ1) is 11.2. The zero-order valence-corrected chi connectivity index (χ0v) is 12.2. The number of carbonyl (C=O) groups is 2. The second kappa shape index (κ2) is 4.88. The maximum Gasteiger partial charge on any atom is 0.345 e. The standard InChI is InChI=1S/C17H11N3O3/c1-10-13(15-14-12(17(22)23-15)8-5-9-18-14)16(21)20(19-10)11-6-3-2-4-7-11/h2-9H,1H3/b15-13-. The lowest BCUT2D eigenvalue weighted by atomic mass is 10.1. The molecule has 2 aliphatic rings. The molecule has 0 fully saturated rings. The molecule has 23 heavy (non-hydrogen) atoms. The van der Waals surface area contributed by atoms with Crippen molar-refractivity contribution in [2.75, 3.05) is 5.01 Å². The third kappa shape index (κ3) is 1.96. The van der Waals surface area contributed by atoms with Crippen molar-refractivity contribution in [3.63, 3.8) is 0 Å². The smallest absolute Gasteiger partial charge is 0.345 e. The van der Waals surface area contributed by atoms with E-state index in [1.165, 1.54) is 5.01 Å². The van der Waals surface area contributed by atoms with E-state index < -0.39 is 5.97 Å². The topological polar surface area (TPSA) is 71.9 Å². The molecular weight excluding hydrogens is 294 g/mol. The Hall–Kier alpha value is -3.28. The van der Waals surface area contributed by atoms with Crippen LogP contribution in [0.3, 0.4) is 0 Å². The number of pyridine rings is 1. The number of nitrogens with zero attached hydrogens (tertiary/aromatic N) is 3. The van der Waals surface area contributed by atoms with E-state index in [1.54, 1.807) is 37.4 Å². The van der Waals surface area contributed by atoms with Crippen molar-refractivity contribution in [3.05, 3.63) is 65.5 Å². The van der Waals surface area contributed by atoms with Gasteiger partial charge in [-0.2, -0.15) is 10.1 Å². The Balaban J connectivity index is 1.84. The highest BCUT2D eigenvalue weighted by molar-refractivity contribution is 6.34. The van der Waals surface area contributed by atoms with Gasteiger partial charge in [-0.05, 0) is 31.2 Å². The van der Waals surface area contributed by atoms with Crippen LogP contribution in [-0.2, 0) is 9.53 Å². The number of hydrogen-bond acceptors (Lipinski definition) is 5. The summed E-state index contributed by atoms with van der Waals surface area (Å²) in [6.07, 6.45) is 1.56. The van der Waals surface area contributed by atoms with E-state index in [4.69, 9.17) is 4.74 Å². The minimum Gasteiger partial charge on any atom is -0.420 e. The summed E-state index contributed by atoms with van der Waals surface area (Å²) in [5.41, 5.74) is 2.14. The van der Waals surface area contributed by atoms with Crippen LogP contribution in [0.1, 0.15) is 23.0 Å². The average Bonchev–Trinajstić information content (AvgIpc) is 3.06. The number of fused-ring (bicyclic) bond motifs is 1. The monoisotopic (exact) mass is 305 g/mol. The van der Waals surface area contributed by atoms with Gasteiger partial charge in [-0.25, -0.2) is 4.79 Å². The molecule has 0 radical (unpaired) electrons. The molecule has 0 N–H and O–H groups in total. The van der Waals surface area contributed by atoms with Gasteiger partial charge in [-0.3, -0.25) is 9.78 Å². The number of ether oxygens (including phenoxy) is 1. The number of para-hydroxylation sites is 1. The molecule has 1 aromatic heterocycles. The summed E-state index contributed by atoms with van der Waals surface area (Å²) in [6, 6.07) is 12.4. The van der Waals surface area contributed by atoms with E-state index in [-0.39, 0.29) is 17.2 Å². The molecule has 6 nitrogen and oxygen atoms in total. The van der Waals surface area contributed by atoms with Gasteiger partial charge in [-0.1, -0.05) is 18.2 Å². The highest BCUT2D eigenvalue weighted by atomic mass is 16.5. The molecule has 112 valence electrons. The molecule has 0 bridgehead atoms. The van der Waals surface area contributed by atoms with Gasteiger partial charge in [0.1, 0.15) is 11.3 Å². The van der Waals surface area contributed by atoms with Crippen LogP contribution in [0.2, 0.25) is 0 Å². The maximum absolute atomic E-state index is 12.8. The molecule has 1 aromatic carbocycles. The van der Waals surface area contributed by atoms with Crippen LogP contribution < -0.4 is 5.01 Å². The van der Waals surface area contributed by atoms with Crippen molar-refractivity contribution in [2.45, 2.75) is 6.92 Å². The fourth-order valence-corrected chi connectivity index (χ4v) is 2.63. The summed E-state index contributed by atoms with van der Waals surface area (Å²) in [5.74, 6) is -0.667. The van der Waals surface area contributed by atoms with Crippen molar-refractivity contribution in [3.8, 4) is 0 Å². The summed E-state index contributed by atoms with van der Waals surface area (Å²) in [6.45, 7) is 1.71. The van der Waals surface area contributed by atoms with Crippen molar-refractivity contribution in [2.24, 2.45) is 5.10 Å². The van der Waals surface area contributed by atoms with Crippen molar-refractivity contribution < 1.29 is 14.3 Å². The van der Waals surface area contributed by atoms with Gasteiger partial charge in [-0.15, -0.1) is 0 Å². The first-order valence-corrected chi connectivity index (χ1v) is 7.04. The van der Waals surface area contributed by atoms with E-state index in [1.807, 2.05) is 18.2 Å². The summed E-state index contributed by atoms with van der Waals surface area (Å²) in [5, 5.41) is 5.59. The van der Waals surface area contributed by atoms with Gasteiger partial charge in [0.05, 0.1) is 17.0 Å². The number of cyclic esters (lactones) is 1. The van der Waals surface area contributed by atoms with Gasteiger partial charge in [0.25, 0.3) is 5.91 Å². The maximum atomic E-state index is 12.8. The predicted molar refractivity (Wildman–Crippen MR) is 83.6 cm³/mol. The Kier molecular flexibility index (Phi) is 2.84. The molecule has 3 heterocycles. The zero-order chi connectivity index (χ0) is 16.0. The second-order valence-electron chi connectivity index (χ2n) is 5.13. The number of carbonyl (C=O) groups excluding carboxylic acids is 2. The van der Waals surface area contributed by atoms with Crippen molar-refractivity contribution >= 4 is 29.0 Å². The number of esters is 1. The van der Waals surface area contributed by atoms with E-state index in [2.05, 4.69) is 10.1 Å². The number of amides is 1. The Morgan fingerprint density at radius 1 is 1.04 bits per heavy atom. The van der Waals surface area contributed by atoms with E-state index in [0.29, 0.717) is 22.7 Å². The van der Waals surface area contributed by atoms with Gasteiger partial charge in [0.2, 0.25) is 0 Å². The highest BCUT2D eigenvalue weighted by Gasteiger charge is 2.38. The Morgan fingerprint density at radius 3 is 2.61 bits per heavy atom. The van der Waals surface area contributed by atoms with Crippen LogP contribution in [0.25, 0.3) is 5.76 Å². The summed E-state index contributed by atoms with van der Waals surface area (Å²) in [7, 11) is 0. The molecule has 1 amide bonds. The van der Waals surface area contributed by atoms with Gasteiger partial charge < -0.3 is 4.74 Å². The normalized spacial score (nSPS) is 19.7. The first kappa shape index (κ1) is 13.4. The SMILES string of the molecule is CC1=NN(c2ccccc2)C(=O)/C1=C1\OC(=O)c2cccnc21. The molecule has 6 heteroatoms. The van der Waals surface area contributed by atoms with Gasteiger partial charge >= 0.3 is 5.97 Å². The summed E-state index contributed by atoms with van der Waals surface area (Å²) >= 11 is 0. The van der Waals surface area contributed by atoms with Crippen molar-refractivity contribution in [1.29, 1.82) is 0 Å². The van der Waals surface area contributed by atoms with E-state index in [9.17, 15) is 9.59 Å². The summed E-state index contributed by atoms with van der Waals surface area (Å²) in [4.78, 5) is 28.9. The number of rotatable bonds is 1. The average molecular weight is 305 g/mol. The van der Waals surface area contributed by atoms with Crippen LogP contribution in [0.5, 0.6) is 0 Å². The number of hydrazone groups is 1. The lowest BCUT2D eigenvalue weighted by molar-refractivity contribution is -0.114. The molecular formula is C17H11N3O3. The quantitative estimate of drug-likeness (QED) is 0.599. The molecule has 0 spiro atoms. The first-order valence-electron chi connectivity index (χ1n) is 7.04. The Labute approximate surface area is 131 Å². The Bertz CT molecular complexity index is 900. The fraction of sp³-hybridized carbons (Fsp3) is 0.0588. The predicted octanol–water partition coefficient (Wildman–Crippen LogP) is 2.39. The number of aromatic nitrogens is 1. The van der Waals surface area contributed by atoms with Crippen LogP contribution in [0.4, 0.5) is 5.69 Å². The van der Waals surface area contributed by atoms with Gasteiger partial charge in [0.15, 0.2) is 5.76 Å². The minimum atomic E-state index is -0.505. The molecule has 0 unspecified atom stereocenters. The molecule has 2 aromatic rings. The molecule has 4 rings (SSSR count). The number of anilines is 1. The zero-order valence-electron chi connectivity index (χ0n) is 12.2. The van der Waals surface area contributed by atoms with Crippen LogP contribution in [0, 0.1) is 0 Å². The highest BCUT2D eigenvalue weighted by Crippen LogP contribution is 2.34. The molecule has 0 atom stereocenters. The number of benzene rings is 1. The Morgan fingerprint density at radius 2 is 1.83 bits per heavy atom. The molecule has 0 saturated carbocycles. The molecule has 0 aliphatic carbocycles. The third-order valence-corrected chi connectivity index (χ3v) is 3.68. The second-order valence-corrected chi connectivity index (χ2v) is 5.13. The van der Waals surface area contributed by atoms with Crippen LogP contribution >= 0.6 is 0 Å². The minimum absolute atomic E-state index is 0.176. The molecule has 0 saturated heterocycles. The van der Waals surface area contributed by atoms with Crippen LogP contribution in [0.15, 0.2) is 59.3 Å². The number of hydrogen-bond donors (Lipinski definition) is 0. The van der Waals surface area contributed by atoms with E-state index in [0.717, 1.165) is 0 Å². The lowest BCUT2D eigenvalue weighted by Gasteiger charge is -2.11. The summed E-state index contributed by atoms with van der Waals surface area (Å²) < 4.78 is 5.29. The van der Waals surface area contributed by atoms with Crippen molar-refractivity contribution in [1.82, 2.24) is 4.98 Å². The van der Waals surface area contributed by atoms with Crippen LogP contribution in [-0.4, -0.2) is 22.6 Å². The third-order valence-electron chi connectivity index (χ3n) is 3.68. The van der Waals surface area contributed by atoms with E-state index >= 15 is 0 Å². The lowest BCUT2D eigenvalue weighted by Crippen LogP contribution is -2.22. The largest absolute Gasteiger partial charge is 0.420 e. The molecule has 2 aliphatic heterocycles.